The zero-order valence-corrected chi connectivity index (χ0v) is 8.49. The third-order valence-electron chi connectivity index (χ3n) is 1.07. The van der Waals surface area contributed by atoms with Crippen molar-refractivity contribution in [3.05, 3.63) is 0 Å². The summed E-state index contributed by atoms with van der Waals surface area (Å²) in [5.74, 6) is -1.56. The van der Waals surface area contributed by atoms with Crippen LogP contribution in [0.5, 0.6) is 0 Å². The lowest BCUT2D eigenvalue weighted by Crippen LogP contribution is -2.49. The van der Waals surface area contributed by atoms with E-state index in [4.69, 9.17) is 5.11 Å². The highest BCUT2D eigenvalue weighted by molar-refractivity contribution is 6.96. The van der Waals surface area contributed by atoms with Crippen LogP contribution in [0.4, 0.5) is 4.79 Å². The van der Waals surface area contributed by atoms with Crippen molar-refractivity contribution in [2.75, 3.05) is 0 Å². The minimum atomic E-state index is -3.74. The number of carbonyl (C=O) groups is 3. The fourth-order valence-electron chi connectivity index (χ4n) is 0.657. The first-order chi connectivity index (χ1) is 5.78. The van der Waals surface area contributed by atoms with E-state index in [-0.39, 0.29) is 0 Å². The predicted octanol–water partition coefficient (Wildman–Crippen LogP) is 0.444. The Bertz CT molecular complexity index is 232. The second-order valence-corrected chi connectivity index (χ2v) is 5.17. The minimum Gasteiger partial charge on any atom is -0.479 e. The second kappa shape index (κ2) is 4.03. The van der Waals surface area contributed by atoms with Crippen LogP contribution in [0.2, 0.25) is 6.55 Å². The van der Waals surface area contributed by atoms with E-state index in [2.05, 4.69) is 8.85 Å². The molecule has 74 valence electrons. The maximum atomic E-state index is 10.6. The second-order valence-electron chi connectivity index (χ2n) is 2.44. The van der Waals surface area contributed by atoms with Crippen LogP contribution in [-0.4, -0.2) is 31.2 Å². The summed E-state index contributed by atoms with van der Waals surface area (Å²) in [6.45, 7) is 3.22. The molecule has 0 saturated heterocycles. The Morgan fingerprint density at radius 1 is 1.08 bits per heavy atom. The third-order valence-corrected chi connectivity index (χ3v) is 3.20. The standard InChI is InChI=1S/C6H10O6Si/c1-4(7)11-13(3,6(9)10)12-5(2)8/h1-3H3,(H,9,10). The molecule has 0 atom stereocenters. The van der Waals surface area contributed by atoms with Crippen molar-refractivity contribution in [3.8, 4) is 0 Å². The van der Waals surface area contributed by atoms with Gasteiger partial charge in [-0.25, -0.2) is 4.79 Å². The van der Waals surface area contributed by atoms with E-state index in [1.807, 2.05) is 0 Å². The Hall–Kier alpha value is -1.37. The van der Waals surface area contributed by atoms with Gasteiger partial charge in [-0.15, -0.1) is 0 Å². The van der Waals surface area contributed by atoms with Crippen LogP contribution in [0.3, 0.4) is 0 Å². The number of carboxylic acid groups (broad SMARTS) is 1. The smallest absolute Gasteiger partial charge is 0.479 e. The maximum absolute atomic E-state index is 10.6. The van der Waals surface area contributed by atoms with Crippen molar-refractivity contribution < 1.29 is 28.3 Å². The molecule has 0 unspecified atom stereocenters. The summed E-state index contributed by atoms with van der Waals surface area (Å²) in [7, 11) is -3.74. The van der Waals surface area contributed by atoms with Crippen LogP contribution in [0.1, 0.15) is 13.8 Å². The molecule has 0 aliphatic carbocycles. The highest BCUT2D eigenvalue weighted by Gasteiger charge is 2.48. The molecule has 0 bridgehead atoms. The lowest BCUT2D eigenvalue weighted by Gasteiger charge is -2.19. The van der Waals surface area contributed by atoms with Crippen LogP contribution >= 0.6 is 0 Å². The van der Waals surface area contributed by atoms with Gasteiger partial charge in [0.05, 0.1) is 0 Å². The van der Waals surface area contributed by atoms with Crippen LogP contribution in [0.15, 0.2) is 0 Å². The van der Waals surface area contributed by atoms with Gasteiger partial charge in [0.1, 0.15) is 0 Å². The van der Waals surface area contributed by atoms with Crippen molar-refractivity contribution in [2.24, 2.45) is 0 Å². The molecule has 0 aliphatic heterocycles. The highest BCUT2D eigenvalue weighted by Crippen LogP contribution is 2.09. The predicted molar refractivity (Wildman–Crippen MR) is 43.2 cm³/mol. The fourth-order valence-corrected chi connectivity index (χ4v) is 1.97. The Kier molecular flexibility index (Phi) is 3.61. The first kappa shape index (κ1) is 11.6. The summed E-state index contributed by atoms with van der Waals surface area (Å²) in [5, 5.41) is 8.64. The molecule has 0 radical (unpaired) electrons. The number of hydrogen-bond donors (Lipinski definition) is 1. The SMILES string of the molecule is CC(=O)O[Si](C)(OC(C)=O)C(=O)O. The molecule has 0 fully saturated rings. The quantitative estimate of drug-likeness (QED) is 0.674. The van der Waals surface area contributed by atoms with Crippen molar-refractivity contribution in [1.82, 2.24) is 0 Å². The highest BCUT2D eigenvalue weighted by atomic mass is 28.4. The Labute approximate surface area is 75.7 Å². The first-order valence-electron chi connectivity index (χ1n) is 3.40. The average molecular weight is 206 g/mol. The van der Waals surface area contributed by atoms with Gasteiger partial charge in [0.25, 0.3) is 11.9 Å². The zero-order chi connectivity index (χ0) is 10.6. The minimum absolute atomic E-state index is 0.780. The average Bonchev–Trinajstić information content (AvgIpc) is 1.82. The topological polar surface area (TPSA) is 89.9 Å². The largest absolute Gasteiger partial charge is 0.580 e. The van der Waals surface area contributed by atoms with E-state index in [0.29, 0.717) is 0 Å². The monoisotopic (exact) mass is 206 g/mol. The number of hydrogen-bond acceptors (Lipinski definition) is 5. The lowest BCUT2D eigenvalue weighted by molar-refractivity contribution is -0.138. The van der Waals surface area contributed by atoms with Gasteiger partial charge in [0.15, 0.2) is 0 Å². The van der Waals surface area contributed by atoms with E-state index in [9.17, 15) is 14.4 Å². The number of rotatable bonds is 3. The van der Waals surface area contributed by atoms with Crippen LogP contribution in [-0.2, 0) is 18.4 Å². The summed E-state index contributed by atoms with van der Waals surface area (Å²) in [6.07, 6.45) is 0. The Morgan fingerprint density at radius 2 is 1.38 bits per heavy atom. The normalized spacial score (nSPS) is 10.4. The van der Waals surface area contributed by atoms with Crippen LogP contribution < -0.4 is 0 Å². The van der Waals surface area contributed by atoms with Crippen molar-refractivity contribution in [1.29, 1.82) is 0 Å². The van der Waals surface area contributed by atoms with Gasteiger partial charge in [-0.3, -0.25) is 9.59 Å². The molecular formula is C6H10O6Si. The molecule has 13 heavy (non-hydrogen) atoms. The summed E-state index contributed by atoms with van der Waals surface area (Å²) in [5.41, 5.74) is -1.40. The number of carbonyl (C=O) groups excluding carboxylic acids is 2. The zero-order valence-electron chi connectivity index (χ0n) is 7.49. The van der Waals surface area contributed by atoms with Crippen LogP contribution in [0.25, 0.3) is 0 Å². The molecule has 0 saturated carbocycles. The molecule has 0 aromatic rings. The summed E-state index contributed by atoms with van der Waals surface area (Å²) >= 11 is 0. The summed E-state index contributed by atoms with van der Waals surface area (Å²) in [4.78, 5) is 31.6. The van der Waals surface area contributed by atoms with Gasteiger partial charge >= 0.3 is 14.2 Å². The van der Waals surface area contributed by atoms with Crippen LogP contribution in [0, 0.1) is 0 Å². The Morgan fingerprint density at radius 3 is 1.54 bits per heavy atom. The molecule has 0 rings (SSSR count). The van der Waals surface area contributed by atoms with Gasteiger partial charge < -0.3 is 14.0 Å². The molecule has 0 heterocycles. The summed E-state index contributed by atoms with van der Waals surface area (Å²) in [6, 6.07) is 0. The van der Waals surface area contributed by atoms with E-state index < -0.39 is 26.1 Å². The third kappa shape index (κ3) is 3.70. The van der Waals surface area contributed by atoms with Gasteiger partial charge in [-0.05, 0) is 0 Å². The van der Waals surface area contributed by atoms with E-state index in [1.165, 1.54) is 0 Å². The molecule has 0 aliphatic rings. The maximum Gasteiger partial charge on any atom is 0.580 e. The molecule has 0 aromatic heterocycles. The molecule has 0 spiro atoms. The lowest BCUT2D eigenvalue weighted by atomic mass is 10.9. The molecule has 7 heteroatoms. The summed E-state index contributed by atoms with van der Waals surface area (Å²) < 4.78 is 8.93. The van der Waals surface area contributed by atoms with Crippen molar-refractivity contribution >= 4 is 26.1 Å². The molecule has 1 N–H and O–H groups in total. The fraction of sp³-hybridized carbons (Fsp3) is 0.500. The van der Waals surface area contributed by atoms with Gasteiger partial charge in [-0.1, -0.05) is 0 Å². The molecular weight excluding hydrogens is 196 g/mol. The first-order valence-corrected chi connectivity index (χ1v) is 5.72. The molecule has 6 nitrogen and oxygen atoms in total. The van der Waals surface area contributed by atoms with Crippen molar-refractivity contribution in [2.45, 2.75) is 20.4 Å². The van der Waals surface area contributed by atoms with E-state index >= 15 is 0 Å². The van der Waals surface area contributed by atoms with Gasteiger partial charge in [0, 0.05) is 20.4 Å². The van der Waals surface area contributed by atoms with E-state index in [1.54, 1.807) is 0 Å². The molecule has 0 amide bonds. The van der Waals surface area contributed by atoms with Crippen molar-refractivity contribution in [3.63, 3.8) is 0 Å². The van der Waals surface area contributed by atoms with Gasteiger partial charge in [0.2, 0.25) is 0 Å². The van der Waals surface area contributed by atoms with Gasteiger partial charge in [-0.2, -0.15) is 0 Å². The molecule has 0 aromatic carbocycles. The Balaban J connectivity index is 4.62. The van der Waals surface area contributed by atoms with E-state index in [0.717, 1.165) is 20.4 Å².